The smallest absolute Gasteiger partial charge is 0.00160 e. The zero-order chi connectivity index (χ0) is 11.7. The molecule has 17 heavy (non-hydrogen) atoms. The average molecular weight is 228 g/mol. The van der Waals surface area contributed by atoms with Crippen LogP contribution in [0.3, 0.4) is 0 Å². The molecule has 0 heteroatoms. The van der Waals surface area contributed by atoms with Gasteiger partial charge in [0, 0.05) is 0 Å². The van der Waals surface area contributed by atoms with E-state index in [1.807, 2.05) is 0 Å². The number of benzene rings is 1. The highest BCUT2D eigenvalue weighted by Gasteiger charge is 2.55. The first-order valence-corrected chi connectivity index (χ1v) is 7.42. The second-order valence-corrected chi connectivity index (χ2v) is 6.12. The van der Waals surface area contributed by atoms with Gasteiger partial charge in [-0.15, -0.1) is 0 Å². The fourth-order valence-electron chi connectivity index (χ4n) is 3.91. The molecule has 1 aromatic carbocycles. The molecule has 0 amide bonds. The average Bonchev–Trinajstić information content (AvgIpc) is 3.06. The standard InChI is InChI=1S/C17H24/c1-2-3-8-14-13-16(14)17(11-7-12-17)15-9-5-4-6-10-15/h4-6,9-10,14,16H,2-3,7-8,11-13H2,1H3. The van der Waals surface area contributed by atoms with E-state index in [2.05, 4.69) is 37.3 Å². The van der Waals surface area contributed by atoms with Gasteiger partial charge in [0.15, 0.2) is 0 Å². The van der Waals surface area contributed by atoms with Crippen LogP contribution in [0.2, 0.25) is 0 Å². The van der Waals surface area contributed by atoms with Crippen LogP contribution < -0.4 is 0 Å². The van der Waals surface area contributed by atoms with Crippen LogP contribution >= 0.6 is 0 Å². The summed E-state index contributed by atoms with van der Waals surface area (Å²) >= 11 is 0. The Morgan fingerprint density at radius 2 is 1.94 bits per heavy atom. The molecule has 2 unspecified atom stereocenters. The number of hydrogen-bond donors (Lipinski definition) is 0. The molecule has 2 aliphatic rings. The fourth-order valence-corrected chi connectivity index (χ4v) is 3.91. The van der Waals surface area contributed by atoms with E-state index in [1.165, 1.54) is 44.9 Å². The van der Waals surface area contributed by atoms with Crippen molar-refractivity contribution < 1.29 is 0 Å². The molecule has 2 fully saturated rings. The van der Waals surface area contributed by atoms with E-state index in [0.29, 0.717) is 5.41 Å². The predicted molar refractivity (Wildman–Crippen MR) is 73.1 cm³/mol. The minimum Gasteiger partial charge on any atom is -0.0654 e. The van der Waals surface area contributed by atoms with Gasteiger partial charge in [0.2, 0.25) is 0 Å². The summed E-state index contributed by atoms with van der Waals surface area (Å²) in [6.07, 6.45) is 10.1. The van der Waals surface area contributed by atoms with E-state index < -0.39 is 0 Å². The number of rotatable bonds is 5. The third-order valence-electron chi connectivity index (χ3n) is 5.16. The highest BCUT2D eigenvalue weighted by Crippen LogP contribution is 2.62. The van der Waals surface area contributed by atoms with Crippen LogP contribution in [0.25, 0.3) is 0 Å². The van der Waals surface area contributed by atoms with Crippen molar-refractivity contribution in [2.45, 2.75) is 57.3 Å². The molecule has 0 aromatic heterocycles. The van der Waals surface area contributed by atoms with Crippen LogP contribution in [-0.2, 0) is 5.41 Å². The molecule has 2 atom stereocenters. The summed E-state index contributed by atoms with van der Waals surface area (Å²) in [6, 6.07) is 11.3. The lowest BCUT2D eigenvalue weighted by Crippen LogP contribution is -2.37. The third-order valence-corrected chi connectivity index (χ3v) is 5.16. The second-order valence-electron chi connectivity index (χ2n) is 6.12. The first kappa shape index (κ1) is 11.3. The van der Waals surface area contributed by atoms with Gasteiger partial charge in [0.1, 0.15) is 0 Å². The molecule has 0 nitrogen and oxygen atoms in total. The molecule has 2 saturated carbocycles. The van der Waals surface area contributed by atoms with Gasteiger partial charge in [-0.05, 0) is 42.1 Å². The van der Waals surface area contributed by atoms with Gasteiger partial charge in [-0.3, -0.25) is 0 Å². The van der Waals surface area contributed by atoms with Crippen molar-refractivity contribution in [3.05, 3.63) is 35.9 Å². The zero-order valence-electron chi connectivity index (χ0n) is 11.0. The summed E-state index contributed by atoms with van der Waals surface area (Å²) in [5, 5.41) is 0. The van der Waals surface area contributed by atoms with Crippen molar-refractivity contribution in [3.63, 3.8) is 0 Å². The molecule has 0 heterocycles. The first-order chi connectivity index (χ1) is 8.37. The van der Waals surface area contributed by atoms with E-state index in [4.69, 9.17) is 0 Å². The van der Waals surface area contributed by atoms with Gasteiger partial charge in [-0.2, -0.15) is 0 Å². The highest BCUT2D eigenvalue weighted by atomic mass is 14.6. The molecule has 0 aliphatic heterocycles. The van der Waals surface area contributed by atoms with Crippen molar-refractivity contribution in [3.8, 4) is 0 Å². The lowest BCUT2D eigenvalue weighted by molar-refractivity contribution is 0.195. The maximum atomic E-state index is 2.37. The predicted octanol–water partition coefficient (Wildman–Crippen LogP) is 4.93. The molecule has 0 N–H and O–H groups in total. The zero-order valence-corrected chi connectivity index (χ0v) is 11.0. The van der Waals surface area contributed by atoms with Gasteiger partial charge >= 0.3 is 0 Å². The number of unbranched alkanes of at least 4 members (excludes halogenated alkanes) is 1. The Bertz CT molecular complexity index is 361. The van der Waals surface area contributed by atoms with Gasteiger partial charge < -0.3 is 0 Å². The third kappa shape index (κ3) is 1.92. The van der Waals surface area contributed by atoms with Gasteiger partial charge in [0.25, 0.3) is 0 Å². The molecular weight excluding hydrogens is 204 g/mol. The molecule has 1 aromatic rings. The summed E-state index contributed by atoms with van der Waals surface area (Å²) in [5.41, 5.74) is 2.23. The number of hydrogen-bond acceptors (Lipinski definition) is 0. The van der Waals surface area contributed by atoms with Crippen molar-refractivity contribution in [2.24, 2.45) is 11.8 Å². The Balaban J connectivity index is 1.72. The van der Waals surface area contributed by atoms with Crippen LogP contribution in [0.4, 0.5) is 0 Å². The topological polar surface area (TPSA) is 0 Å². The lowest BCUT2D eigenvalue weighted by atomic mass is 9.61. The summed E-state index contributed by atoms with van der Waals surface area (Å²) in [5.74, 6) is 2.07. The van der Waals surface area contributed by atoms with Crippen LogP contribution in [0.1, 0.15) is 57.4 Å². The second kappa shape index (κ2) is 4.48. The Labute approximate surface area is 105 Å². The maximum Gasteiger partial charge on any atom is -0.00160 e. The van der Waals surface area contributed by atoms with Crippen LogP contribution in [0, 0.1) is 11.8 Å². The maximum absolute atomic E-state index is 2.37. The van der Waals surface area contributed by atoms with E-state index in [1.54, 1.807) is 5.56 Å². The van der Waals surface area contributed by atoms with Gasteiger partial charge in [0.05, 0.1) is 0 Å². The minimum atomic E-state index is 0.597. The lowest BCUT2D eigenvalue weighted by Gasteiger charge is -2.43. The molecule has 3 rings (SSSR count). The molecule has 0 radical (unpaired) electrons. The quantitative estimate of drug-likeness (QED) is 0.670. The van der Waals surface area contributed by atoms with E-state index >= 15 is 0 Å². The molecule has 92 valence electrons. The monoisotopic (exact) mass is 228 g/mol. The van der Waals surface area contributed by atoms with Crippen LogP contribution in [0.15, 0.2) is 30.3 Å². The Kier molecular flexibility index (Phi) is 2.98. The normalized spacial score (nSPS) is 29.7. The van der Waals surface area contributed by atoms with Crippen molar-refractivity contribution >= 4 is 0 Å². The largest absolute Gasteiger partial charge is 0.0654 e. The first-order valence-electron chi connectivity index (χ1n) is 7.42. The van der Waals surface area contributed by atoms with Crippen LogP contribution in [0.5, 0.6) is 0 Å². The van der Waals surface area contributed by atoms with Crippen LogP contribution in [-0.4, -0.2) is 0 Å². The fraction of sp³-hybridized carbons (Fsp3) is 0.647. The van der Waals surface area contributed by atoms with Crippen molar-refractivity contribution in [1.29, 1.82) is 0 Å². The van der Waals surface area contributed by atoms with Gasteiger partial charge in [-0.25, -0.2) is 0 Å². The molecule has 2 aliphatic carbocycles. The summed E-state index contributed by atoms with van der Waals surface area (Å²) in [4.78, 5) is 0. The van der Waals surface area contributed by atoms with E-state index in [0.717, 1.165) is 11.8 Å². The Morgan fingerprint density at radius 1 is 1.18 bits per heavy atom. The SMILES string of the molecule is CCCCC1CC1C1(c2ccccc2)CCC1. The van der Waals surface area contributed by atoms with E-state index in [-0.39, 0.29) is 0 Å². The van der Waals surface area contributed by atoms with Crippen molar-refractivity contribution in [2.75, 3.05) is 0 Å². The molecule has 0 bridgehead atoms. The molecular formula is C17H24. The Hall–Kier alpha value is -0.780. The molecule has 0 saturated heterocycles. The summed E-state index contributed by atoms with van der Waals surface area (Å²) in [7, 11) is 0. The molecule has 0 spiro atoms. The summed E-state index contributed by atoms with van der Waals surface area (Å²) in [6.45, 7) is 2.31. The Morgan fingerprint density at radius 3 is 2.53 bits per heavy atom. The van der Waals surface area contributed by atoms with E-state index in [9.17, 15) is 0 Å². The van der Waals surface area contributed by atoms with Crippen molar-refractivity contribution in [1.82, 2.24) is 0 Å². The minimum absolute atomic E-state index is 0.597. The summed E-state index contributed by atoms with van der Waals surface area (Å²) < 4.78 is 0. The van der Waals surface area contributed by atoms with Gasteiger partial charge in [-0.1, -0.05) is 62.9 Å². The highest BCUT2D eigenvalue weighted by molar-refractivity contribution is 5.31.